The number of unbranched alkanes of at least 4 members (excludes halogenated alkanes) is 11. The van der Waals surface area contributed by atoms with Gasteiger partial charge in [0.1, 0.15) is 25.1 Å². The summed E-state index contributed by atoms with van der Waals surface area (Å²) in [7, 11) is 3.44. The summed E-state index contributed by atoms with van der Waals surface area (Å²) in [5.74, 6) is 0.456. The summed E-state index contributed by atoms with van der Waals surface area (Å²) in [6.45, 7) is 9.40. The molecule has 1 heterocycles. The molecular formula is C40H57N2O4+. The Morgan fingerprint density at radius 3 is 1.96 bits per heavy atom. The summed E-state index contributed by atoms with van der Waals surface area (Å²) in [6, 6.07) is 18.3. The van der Waals surface area contributed by atoms with Gasteiger partial charge in [0.05, 0.1) is 19.3 Å². The van der Waals surface area contributed by atoms with Crippen LogP contribution in [0.25, 0.3) is 0 Å². The smallest absolute Gasteiger partial charge is 0.265 e. The lowest BCUT2D eigenvalue weighted by Gasteiger charge is -2.25. The molecule has 0 N–H and O–H groups in total. The first-order chi connectivity index (χ1) is 22.2. The molecule has 2 aromatic carbocycles. The minimum Gasteiger partial charge on any atom is -0.496 e. The van der Waals surface area contributed by atoms with Gasteiger partial charge >= 0.3 is 0 Å². The summed E-state index contributed by atoms with van der Waals surface area (Å²) in [5, 5.41) is 0. The van der Waals surface area contributed by atoms with Gasteiger partial charge in [0.2, 0.25) is 5.69 Å². The fourth-order valence-corrected chi connectivity index (χ4v) is 5.74. The molecule has 0 fully saturated rings. The fourth-order valence-electron chi connectivity index (χ4n) is 5.74. The molecule has 6 nitrogen and oxygen atoms in total. The maximum absolute atomic E-state index is 14.2. The summed E-state index contributed by atoms with van der Waals surface area (Å²) in [4.78, 5) is 29.4. The number of hydrogen-bond donors (Lipinski definition) is 0. The average molecular weight is 630 g/mol. The van der Waals surface area contributed by atoms with Crippen molar-refractivity contribution in [3.63, 3.8) is 0 Å². The topological polar surface area (TPSA) is 59.7 Å². The van der Waals surface area contributed by atoms with E-state index in [0.717, 1.165) is 29.8 Å². The number of nitrogens with zero attached hydrogens (tertiary/aromatic N) is 2. The van der Waals surface area contributed by atoms with Gasteiger partial charge in [0, 0.05) is 23.3 Å². The minimum absolute atomic E-state index is 0.120. The van der Waals surface area contributed by atoms with Crippen LogP contribution in [0.15, 0.2) is 66.9 Å². The summed E-state index contributed by atoms with van der Waals surface area (Å²) >= 11 is 0. The number of pyridine rings is 1. The van der Waals surface area contributed by atoms with E-state index in [1.807, 2.05) is 54.2 Å². The molecule has 0 spiro atoms. The zero-order valence-corrected chi connectivity index (χ0v) is 29.3. The van der Waals surface area contributed by atoms with Gasteiger partial charge in [-0.05, 0) is 42.2 Å². The Labute approximate surface area is 278 Å². The second kappa shape index (κ2) is 19.1. The maximum Gasteiger partial charge on any atom is 0.265 e. The highest BCUT2D eigenvalue weighted by Gasteiger charge is 2.30. The van der Waals surface area contributed by atoms with E-state index >= 15 is 0 Å². The number of rotatable bonds is 19. The monoisotopic (exact) mass is 629 g/mol. The van der Waals surface area contributed by atoms with Crippen LogP contribution in [-0.2, 0) is 19.0 Å². The average Bonchev–Trinajstić information content (AvgIpc) is 3.05. The number of hydrogen-bond acceptors (Lipinski definition) is 4. The molecule has 0 aliphatic rings. The first kappa shape index (κ1) is 36.8. The van der Waals surface area contributed by atoms with Crippen LogP contribution in [0.4, 0.5) is 0 Å². The van der Waals surface area contributed by atoms with Gasteiger partial charge in [0.25, 0.3) is 11.8 Å². The van der Waals surface area contributed by atoms with Crippen molar-refractivity contribution in [1.29, 1.82) is 0 Å². The number of para-hydroxylation sites is 1. The van der Waals surface area contributed by atoms with E-state index in [9.17, 15) is 9.59 Å². The second-order valence-electron chi connectivity index (χ2n) is 13.4. The Hall–Kier alpha value is -3.67. The van der Waals surface area contributed by atoms with Gasteiger partial charge in [0.15, 0.2) is 6.20 Å². The Balaban J connectivity index is 1.67. The summed E-state index contributed by atoms with van der Waals surface area (Å²) in [6.07, 6.45) is 17.5. The third-order valence-electron chi connectivity index (χ3n) is 8.60. The quantitative estimate of drug-likeness (QED) is 0.0753. The highest BCUT2D eigenvalue weighted by atomic mass is 16.5. The van der Waals surface area contributed by atoms with Crippen LogP contribution in [0, 0.1) is 0 Å². The lowest BCUT2D eigenvalue weighted by molar-refractivity contribution is -0.679. The first-order valence-corrected chi connectivity index (χ1v) is 17.4. The number of imide groups is 1. The molecule has 46 heavy (non-hydrogen) atoms. The largest absolute Gasteiger partial charge is 0.496 e. The molecule has 2 amide bonds. The number of ether oxygens (including phenoxy) is 2. The number of benzene rings is 2. The molecule has 0 saturated heterocycles. The summed E-state index contributed by atoms with van der Waals surface area (Å²) < 4.78 is 13.7. The van der Waals surface area contributed by atoms with E-state index in [-0.39, 0.29) is 17.9 Å². The number of carbonyl (C=O) groups excluding carboxylic acids is 2. The Kier molecular flexibility index (Phi) is 15.3. The van der Waals surface area contributed by atoms with Crippen molar-refractivity contribution in [2.24, 2.45) is 7.05 Å². The minimum atomic E-state index is -0.407. The van der Waals surface area contributed by atoms with Crippen molar-refractivity contribution >= 4 is 11.8 Å². The van der Waals surface area contributed by atoms with Crippen LogP contribution in [0.2, 0.25) is 0 Å². The predicted octanol–water partition coefficient (Wildman–Crippen LogP) is 9.38. The van der Waals surface area contributed by atoms with Crippen molar-refractivity contribution in [2.45, 2.75) is 117 Å². The SMILES string of the molecule is CCCCCCCCCCCCCCOc1ccc(C(=O)N(Cc2cccc[n+]2C)C(=O)c2ccccc2OC)cc1C(C)(C)C. The first-order valence-electron chi connectivity index (χ1n) is 17.4. The highest BCUT2D eigenvalue weighted by Crippen LogP contribution is 2.33. The Morgan fingerprint density at radius 1 is 0.739 bits per heavy atom. The lowest BCUT2D eigenvalue weighted by atomic mass is 9.85. The van der Waals surface area contributed by atoms with Gasteiger partial charge in [-0.1, -0.05) is 117 Å². The third-order valence-corrected chi connectivity index (χ3v) is 8.60. The van der Waals surface area contributed by atoms with Crippen LogP contribution >= 0.6 is 0 Å². The van der Waals surface area contributed by atoms with Gasteiger partial charge in [-0.2, -0.15) is 0 Å². The molecule has 0 bridgehead atoms. The molecule has 0 radical (unpaired) electrons. The molecule has 3 rings (SSSR count). The van der Waals surface area contributed by atoms with Crippen molar-refractivity contribution in [3.8, 4) is 11.5 Å². The molecule has 0 aliphatic heterocycles. The van der Waals surface area contributed by atoms with Gasteiger partial charge in [-0.3, -0.25) is 14.5 Å². The van der Waals surface area contributed by atoms with Gasteiger partial charge in [-0.15, -0.1) is 0 Å². The number of amides is 2. The van der Waals surface area contributed by atoms with Crippen LogP contribution in [0.1, 0.15) is 137 Å². The second-order valence-corrected chi connectivity index (χ2v) is 13.4. The van der Waals surface area contributed by atoms with E-state index in [1.165, 1.54) is 76.2 Å². The predicted molar refractivity (Wildman–Crippen MR) is 187 cm³/mol. The Morgan fingerprint density at radius 2 is 1.35 bits per heavy atom. The fraction of sp³-hybridized carbons (Fsp3) is 0.525. The van der Waals surface area contributed by atoms with Crippen LogP contribution in [-0.4, -0.2) is 30.4 Å². The third kappa shape index (κ3) is 11.3. The maximum atomic E-state index is 14.2. The zero-order chi connectivity index (χ0) is 33.4. The van der Waals surface area contributed by atoms with Crippen LogP contribution in [0.3, 0.4) is 0 Å². The van der Waals surface area contributed by atoms with Crippen LogP contribution < -0.4 is 14.0 Å². The number of aromatic nitrogens is 1. The summed E-state index contributed by atoms with van der Waals surface area (Å²) in [5.41, 5.74) is 2.32. The number of carbonyl (C=O) groups is 2. The number of methoxy groups -OCH3 is 1. The van der Waals surface area contributed by atoms with Crippen molar-refractivity contribution in [2.75, 3.05) is 13.7 Å². The van der Waals surface area contributed by atoms with E-state index in [2.05, 4.69) is 27.7 Å². The van der Waals surface area contributed by atoms with Crippen molar-refractivity contribution in [3.05, 3.63) is 89.2 Å². The zero-order valence-electron chi connectivity index (χ0n) is 29.3. The van der Waals surface area contributed by atoms with Crippen molar-refractivity contribution in [1.82, 2.24) is 4.90 Å². The molecule has 0 unspecified atom stereocenters. The normalized spacial score (nSPS) is 11.3. The van der Waals surface area contributed by atoms with Gasteiger partial charge in [-0.25, -0.2) is 4.57 Å². The lowest BCUT2D eigenvalue weighted by Crippen LogP contribution is -2.42. The standard InChI is InChI=1S/C40H57N2O4/c1-7-8-9-10-11-12-13-14-15-16-17-22-29-46-37-27-26-32(30-35(37)40(2,3)4)38(43)42(31-33-23-20-21-28-41(33)5)39(44)34-24-18-19-25-36(34)45-6/h18-21,23-28,30H,7-17,22,29,31H2,1-6H3/q+1. The Bertz CT molecular complexity index is 1380. The molecule has 3 aromatic rings. The molecule has 0 aliphatic carbocycles. The van der Waals surface area contributed by atoms with Crippen molar-refractivity contribution < 1.29 is 23.6 Å². The van der Waals surface area contributed by atoms with E-state index < -0.39 is 5.91 Å². The van der Waals surface area contributed by atoms with E-state index in [0.29, 0.717) is 23.5 Å². The molecule has 250 valence electrons. The number of aryl methyl sites for hydroxylation is 1. The molecule has 0 atom stereocenters. The molecule has 0 saturated carbocycles. The molecular weight excluding hydrogens is 572 g/mol. The van der Waals surface area contributed by atoms with Crippen LogP contribution in [0.5, 0.6) is 11.5 Å². The molecule has 1 aromatic heterocycles. The van der Waals surface area contributed by atoms with E-state index in [4.69, 9.17) is 9.47 Å². The highest BCUT2D eigenvalue weighted by molar-refractivity contribution is 6.11. The van der Waals surface area contributed by atoms with Gasteiger partial charge < -0.3 is 9.47 Å². The van der Waals surface area contributed by atoms with E-state index in [1.54, 1.807) is 24.3 Å². The molecule has 6 heteroatoms.